The molecule has 0 heterocycles. The third-order valence-corrected chi connectivity index (χ3v) is 2.68. The van der Waals surface area contributed by atoms with E-state index in [4.69, 9.17) is 22.7 Å². The number of hydrogen-bond donors (Lipinski definition) is 2. The first kappa shape index (κ1) is 11.9. The Kier molecular flexibility index (Phi) is 3.97. The molecular formula is C11H16ClN3. The van der Waals surface area contributed by atoms with Crippen molar-refractivity contribution in [3.8, 4) is 0 Å². The summed E-state index contributed by atoms with van der Waals surface area (Å²) in [4.78, 5) is 2.19. The minimum absolute atomic E-state index is 0.00565. The van der Waals surface area contributed by atoms with Gasteiger partial charge in [-0.15, -0.1) is 0 Å². The van der Waals surface area contributed by atoms with Gasteiger partial charge in [-0.25, -0.2) is 0 Å². The third kappa shape index (κ3) is 2.63. The zero-order valence-electron chi connectivity index (χ0n) is 9.05. The molecular weight excluding hydrogens is 210 g/mol. The van der Waals surface area contributed by atoms with Crippen LogP contribution in [-0.4, -0.2) is 18.9 Å². The number of rotatable bonds is 4. The summed E-state index contributed by atoms with van der Waals surface area (Å²) in [5.74, 6) is 0.00565. The lowest BCUT2D eigenvalue weighted by Gasteiger charge is -2.21. The molecule has 3 N–H and O–H groups in total. The average Bonchev–Trinajstić information content (AvgIpc) is 2.19. The van der Waals surface area contributed by atoms with Gasteiger partial charge in [0.1, 0.15) is 5.84 Å². The van der Waals surface area contributed by atoms with Crippen LogP contribution in [0.15, 0.2) is 18.2 Å². The Hall–Kier alpha value is -1.22. The van der Waals surface area contributed by atoms with E-state index in [1.807, 2.05) is 12.1 Å². The van der Waals surface area contributed by atoms with Gasteiger partial charge in [-0.1, -0.05) is 11.6 Å². The number of amidine groups is 1. The van der Waals surface area contributed by atoms with Crippen LogP contribution in [0.2, 0.25) is 5.02 Å². The number of nitrogens with two attached hydrogens (primary N) is 1. The van der Waals surface area contributed by atoms with Gasteiger partial charge in [0.05, 0.1) is 5.02 Å². The van der Waals surface area contributed by atoms with Gasteiger partial charge in [0.2, 0.25) is 0 Å². The standard InChI is InChI=1S/C11H16ClN3/c1-3-15(4-2)8-5-6-9(11(13)14)10(12)7-8/h5-7H,3-4H2,1-2H3,(H3,13,14). The number of anilines is 1. The van der Waals surface area contributed by atoms with Crippen LogP contribution in [0.3, 0.4) is 0 Å². The highest BCUT2D eigenvalue weighted by Gasteiger charge is 2.07. The van der Waals surface area contributed by atoms with Gasteiger partial charge < -0.3 is 10.6 Å². The predicted octanol–water partition coefficient (Wildman–Crippen LogP) is 2.47. The maximum Gasteiger partial charge on any atom is 0.124 e. The SMILES string of the molecule is CCN(CC)c1ccc(C(=N)N)c(Cl)c1. The maximum atomic E-state index is 7.32. The first-order valence-electron chi connectivity index (χ1n) is 4.99. The molecule has 0 saturated heterocycles. The summed E-state index contributed by atoms with van der Waals surface area (Å²) in [6.07, 6.45) is 0. The first-order valence-corrected chi connectivity index (χ1v) is 5.36. The van der Waals surface area contributed by atoms with Gasteiger partial charge in [0.15, 0.2) is 0 Å². The van der Waals surface area contributed by atoms with Crippen LogP contribution < -0.4 is 10.6 Å². The molecule has 15 heavy (non-hydrogen) atoms. The summed E-state index contributed by atoms with van der Waals surface area (Å²) >= 11 is 6.03. The molecule has 82 valence electrons. The fourth-order valence-corrected chi connectivity index (χ4v) is 1.78. The Morgan fingerprint density at radius 3 is 2.40 bits per heavy atom. The minimum atomic E-state index is 0.00565. The van der Waals surface area contributed by atoms with E-state index in [2.05, 4.69) is 18.7 Å². The zero-order valence-corrected chi connectivity index (χ0v) is 9.80. The van der Waals surface area contributed by atoms with Crippen molar-refractivity contribution >= 4 is 23.1 Å². The van der Waals surface area contributed by atoms with Gasteiger partial charge in [-0.3, -0.25) is 5.41 Å². The molecule has 0 aliphatic rings. The lowest BCUT2D eigenvalue weighted by Crippen LogP contribution is -2.22. The van der Waals surface area contributed by atoms with E-state index in [9.17, 15) is 0 Å². The smallest absolute Gasteiger partial charge is 0.124 e. The van der Waals surface area contributed by atoms with Crippen LogP contribution in [0.25, 0.3) is 0 Å². The number of nitrogen functional groups attached to an aromatic ring is 1. The van der Waals surface area contributed by atoms with E-state index < -0.39 is 0 Å². The van der Waals surface area contributed by atoms with Crippen LogP contribution in [0.5, 0.6) is 0 Å². The summed E-state index contributed by atoms with van der Waals surface area (Å²) in [7, 11) is 0. The van der Waals surface area contributed by atoms with Crippen LogP contribution >= 0.6 is 11.6 Å². The monoisotopic (exact) mass is 225 g/mol. The number of nitrogens with zero attached hydrogens (tertiary/aromatic N) is 1. The third-order valence-electron chi connectivity index (χ3n) is 2.37. The number of hydrogen-bond acceptors (Lipinski definition) is 2. The van der Waals surface area contributed by atoms with Crippen molar-refractivity contribution in [2.24, 2.45) is 5.73 Å². The van der Waals surface area contributed by atoms with Gasteiger partial charge in [0, 0.05) is 24.3 Å². The second-order valence-electron chi connectivity index (χ2n) is 3.25. The topological polar surface area (TPSA) is 53.1 Å². The van der Waals surface area contributed by atoms with Gasteiger partial charge in [-0.05, 0) is 32.0 Å². The summed E-state index contributed by atoms with van der Waals surface area (Å²) in [6.45, 7) is 6.06. The second-order valence-corrected chi connectivity index (χ2v) is 3.66. The molecule has 0 spiro atoms. The summed E-state index contributed by atoms with van der Waals surface area (Å²) < 4.78 is 0. The van der Waals surface area contributed by atoms with E-state index in [-0.39, 0.29) is 5.84 Å². The molecule has 4 heteroatoms. The Labute approximate surface area is 95.3 Å². The maximum absolute atomic E-state index is 7.32. The van der Waals surface area contributed by atoms with E-state index in [0.717, 1.165) is 18.8 Å². The number of benzene rings is 1. The fourth-order valence-electron chi connectivity index (χ4n) is 1.51. The van der Waals surface area contributed by atoms with Crippen LogP contribution in [-0.2, 0) is 0 Å². The van der Waals surface area contributed by atoms with Crippen molar-refractivity contribution in [1.82, 2.24) is 0 Å². The fraction of sp³-hybridized carbons (Fsp3) is 0.364. The summed E-state index contributed by atoms with van der Waals surface area (Å²) in [5, 5.41) is 7.86. The van der Waals surface area contributed by atoms with Crippen LogP contribution in [0, 0.1) is 5.41 Å². The Morgan fingerprint density at radius 1 is 1.40 bits per heavy atom. The lowest BCUT2D eigenvalue weighted by molar-refractivity contribution is 0.866. The van der Waals surface area contributed by atoms with Crippen molar-refractivity contribution in [3.05, 3.63) is 28.8 Å². The van der Waals surface area contributed by atoms with Crippen LogP contribution in [0.1, 0.15) is 19.4 Å². The van der Waals surface area contributed by atoms with Crippen molar-refractivity contribution < 1.29 is 0 Å². The van der Waals surface area contributed by atoms with E-state index >= 15 is 0 Å². The van der Waals surface area contributed by atoms with Gasteiger partial charge >= 0.3 is 0 Å². The van der Waals surface area contributed by atoms with Gasteiger partial charge in [-0.2, -0.15) is 0 Å². The molecule has 0 saturated carbocycles. The molecule has 0 radical (unpaired) electrons. The van der Waals surface area contributed by atoms with Crippen molar-refractivity contribution in [2.45, 2.75) is 13.8 Å². The normalized spacial score (nSPS) is 10.1. The quantitative estimate of drug-likeness (QED) is 0.611. The van der Waals surface area contributed by atoms with E-state index in [0.29, 0.717) is 10.6 Å². The molecule has 1 aromatic rings. The molecule has 0 bridgehead atoms. The molecule has 0 amide bonds. The minimum Gasteiger partial charge on any atom is -0.384 e. The predicted molar refractivity (Wildman–Crippen MR) is 66.0 cm³/mol. The van der Waals surface area contributed by atoms with Crippen molar-refractivity contribution in [1.29, 1.82) is 5.41 Å². The molecule has 1 aromatic carbocycles. The Morgan fingerprint density at radius 2 is 2.00 bits per heavy atom. The summed E-state index contributed by atoms with van der Waals surface area (Å²) in [5.41, 5.74) is 7.05. The molecule has 0 aromatic heterocycles. The number of nitrogens with one attached hydrogen (secondary N) is 1. The molecule has 0 fully saturated rings. The van der Waals surface area contributed by atoms with E-state index in [1.165, 1.54) is 0 Å². The average molecular weight is 226 g/mol. The second kappa shape index (κ2) is 5.03. The molecule has 0 unspecified atom stereocenters. The molecule has 1 rings (SSSR count). The Balaban J connectivity index is 3.05. The highest BCUT2D eigenvalue weighted by molar-refractivity contribution is 6.34. The summed E-state index contributed by atoms with van der Waals surface area (Å²) in [6, 6.07) is 5.58. The molecule has 0 aliphatic heterocycles. The van der Waals surface area contributed by atoms with Crippen molar-refractivity contribution in [3.63, 3.8) is 0 Å². The molecule has 0 aliphatic carbocycles. The van der Waals surface area contributed by atoms with E-state index in [1.54, 1.807) is 6.07 Å². The highest BCUT2D eigenvalue weighted by Crippen LogP contribution is 2.23. The van der Waals surface area contributed by atoms with Crippen molar-refractivity contribution in [2.75, 3.05) is 18.0 Å². The Bertz CT molecular complexity index is 359. The van der Waals surface area contributed by atoms with Gasteiger partial charge in [0.25, 0.3) is 0 Å². The zero-order chi connectivity index (χ0) is 11.4. The first-order chi connectivity index (χ1) is 7.10. The number of halogens is 1. The molecule has 3 nitrogen and oxygen atoms in total. The largest absolute Gasteiger partial charge is 0.384 e. The highest BCUT2D eigenvalue weighted by atomic mass is 35.5. The van der Waals surface area contributed by atoms with Crippen LogP contribution in [0.4, 0.5) is 5.69 Å². The molecule has 0 atom stereocenters. The lowest BCUT2D eigenvalue weighted by atomic mass is 10.2.